The Kier molecular flexibility index (Phi) is 4.99. The molecule has 0 fully saturated rings. The average molecular weight is 350 g/mol. The second-order valence-corrected chi connectivity index (χ2v) is 6.49. The van der Waals surface area contributed by atoms with E-state index in [2.05, 4.69) is 31.9 Å². The van der Waals surface area contributed by atoms with Gasteiger partial charge in [-0.2, -0.15) is 0 Å². The molecule has 0 bridgehead atoms. The van der Waals surface area contributed by atoms with Crippen LogP contribution in [0.4, 0.5) is 0 Å². The van der Waals surface area contributed by atoms with Crippen molar-refractivity contribution < 1.29 is 9.53 Å². The van der Waals surface area contributed by atoms with E-state index < -0.39 is 4.32 Å². The Hall–Kier alpha value is -0.350. The van der Waals surface area contributed by atoms with E-state index in [9.17, 15) is 4.79 Å². The molecule has 0 amide bonds. The second-order valence-electron chi connectivity index (χ2n) is 3.95. The van der Waals surface area contributed by atoms with Crippen LogP contribution in [0.3, 0.4) is 0 Å². The summed E-state index contributed by atoms with van der Waals surface area (Å²) >= 11 is 6.67. The summed E-state index contributed by atoms with van der Waals surface area (Å²) in [4.78, 5) is 11.6. The Morgan fingerprint density at radius 1 is 1.31 bits per heavy atom. The number of benzene rings is 1. The van der Waals surface area contributed by atoms with Crippen molar-refractivity contribution in [2.75, 3.05) is 0 Å². The van der Waals surface area contributed by atoms with Gasteiger partial charge in [0.15, 0.2) is 0 Å². The van der Waals surface area contributed by atoms with Crippen molar-refractivity contribution in [3.63, 3.8) is 0 Å². The molecule has 0 spiro atoms. The van der Waals surface area contributed by atoms with Gasteiger partial charge < -0.3 is 4.74 Å². The van der Waals surface area contributed by atoms with E-state index >= 15 is 0 Å². The number of esters is 1. The Morgan fingerprint density at radius 2 is 1.88 bits per heavy atom. The fraction of sp³-hybridized carbons (Fsp3) is 0.417. The third kappa shape index (κ3) is 3.91. The number of carbonyl (C=O) groups excluding carboxylic acids is 1. The molecule has 0 unspecified atom stereocenters. The first-order valence-corrected chi connectivity index (χ1v) is 6.85. The Bertz CT molecular complexity index is 370. The minimum absolute atomic E-state index is 0.253. The summed E-state index contributed by atoms with van der Waals surface area (Å²) < 4.78 is 4.60. The third-order valence-electron chi connectivity index (χ3n) is 2.11. The van der Waals surface area contributed by atoms with Crippen LogP contribution in [0.2, 0.25) is 0 Å². The zero-order chi connectivity index (χ0) is 12.2. The van der Waals surface area contributed by atoms with Gasteiger partial charge in [0.05, 0.1) is 0 Å². The predicted octanol–water partition coefficient (Wildman–Crippen LogP) is 3.80. The Labute approximate surface area is 113 Å². The molecule has 0 aliphatic rings. The second kappa shape index (κ2) is 5.82. The number of alkyl halides is 2. The Morgan fingerprint density at radius 3 is 2.38 bits per heavy atom. The average Bonchev–Trinajstić information content (AvgIpc) is 2.24. The number of carbonyl (C=O) groups is 1. The molecular weight excluding hydrogens is 336 g/mol. The quantitative estimate of drug-likeness (QED) is 0.610. The number of hydrogen-bond acceptors (Lipinski definition) is 2. The first kappa shape index (κ1) is 13.7. The molecule has 0 heterocycles. The fourth-order valence-corrected chi connectivity index (χ4v) is 1.81. The van der Waals surface area contributed by atoms with E-state index in [0.29, 0.717) is 6.61 Å². The summed E-state index contributed by atoms with van der Waals surface area (Å²) in [5.41, 5.74) is 2.17. The van der Waals surface area contributed by atoms with Gasteiger partial charge in [0.25, 0.3) is 0 Å². The molecule has 0 aromatic heterocycles. The monoisotopic (exact) mass is 348 g/mol. The van der Waals surface area contributed by atoms with Crippen LogP contribution in [-0.4, -0.2) is 10.3 Å². The molecule has 0 aliphatic heterocycles. The van der Waals surface area contributed by atoms with E-state index in [1.165, 1.54) is 0 Å². The predicted molar refractivity (Wildman–Crippen MR) is 71.9 cm³/mol. The van der Waals surface area contributed by atoms with Crippen LogP contribution in [0.1, 0.15) is 25.0 Å². The maximum atomic E-state index is 11.6. The lowest BCUT2D eigenvalue weighted by Crippen LogP contribution is -2.26. The SMILES string of the molecule is CC(C)(Br)C(=O)OCc1ccccc1CBr. The Balaban J connectivity index is 2.65. The fourth-order valence-electron chi connectivity index (χ4n) is 1.14. The number of rotatable bonds is 4. The van der Waals surface area contributed by atoms with Gasteiger partial charge in [0, 0.05) is 5.33 Å². The van der Waals surface area contributed by atoms with Crippen molar-refractivity contribution in [2.45, 2.75) is 30.1 Å². The first-order valence-electron chi connectivity index (χ1n) is 4.94. The minimum atomic E-state index is -0.629. The standard InChI is InChI=1S/C12H14Br2O2/c1-12(2,14)11(15)16-8-10-6-4-3-5-9(10)7-13/h3-6H,7-8H2,1-2H3. The van der Waals surface area contributed by atoms with Gasteiger partial charge in [-0.25, -0.2) is 0 Å². The third-order valence-corrected chi connectivity index (χ3v) is 3.03. The van der Waals surface area contributed by atoms with Crippen molar-refractivity contribution in [1.82, 2.24) is 0 Å². The topological polar surface area (TPSA) is 26.3 Å². The van der Waals surface area contributed by atoms with Gasteiger partial charge in [-0.05, 0) is 25.0 Å². The molecule has 0 saturated heterocycles. The van der Waals surface area contributed by atoms with Gasteiger partial charge in [0.1, 0.15) is 10.9 Å². The van der Waals surface area contributed by atoms with Crippen LogP contribution in [0, 0.1) is 0 Å². The normalized spacial score (nSPS) is 11.2. The highest BCUT2D eigenvalue weighted by Crippen LogP contribution is 2.19. The van der Waals surface area contributed by atoms with Gasteiger partial charge in [-0.15, -0.1) is 0 Å². The van der Waals surface area contributed by atoms with Crippen LogP contribution in [-0.2, 0) is 21.5 Å². The lowest BCUT2D eigenvalue weighted by molar-refractivity contribution is -0.146. The van der Waals surface area contributed by atoms with Crippen molar-refractivity contribution in [1.29, 1.82) is 0 Å². The van der Waals surface area contributed by atoms with E-state index in [1.54, 1.807) is 13.8 Å². The summed E-state index contributed by atoms with van der Waals surface area (Å²) in [6.07, 6.45) is 0. The molecule has 0 saturated carbocycles. The number of hydrogen-bond donors (Lipinski definition) is 0. The van der Waals surface area contributed by atoms with Gasteiger partial charge in [-0.1, -0.05) is 56.1 Å². The number of halogens is 2. The van der Waals surface area contributed by atoms with Crippen LogP contribution < -0.4 is 0 Å². The summed E-state index contributed by atoms with van der Waals surface area (Å²) in [5, 5.41) is 0.762. The van der Waals surface area contributed by atoms with E-state index in [-0.39, 0.29) is 5.97 Å². The van der Waals surface area contributed by atoms with Gasteiger partial charge >= 0.3 is 5.97 Å². The molecule has 0 radical (unpaired) electrons. The molecule has 2 nitrogen and oxygen atoms in total. The highest BCUT2D eigenvalue weighted by Gasteiger charge is 2.25. The first-order chi connectivity index (χ1) is 7.45. The molecule has 1 aromatic rings. The highest BCUT2D eigenvalue weighted by atomic mass is 79.9. The van der Waals surface area contributed by atoms with Crippen LogP contribution >= 0.6 is 31.9 Å². The summed E-state index contributed by atoms with van der Waals surface area (Å²) in [7, 11) is 0. The lowest BCUT2D eigenvalue weighted by atomic mass is 10.1. The molecule has 0 aliphatic carbocycles. The van der Waals surface area contributed by atoms with E-state index in [1.807, 2.05) is 24.3 Å². The van der Waals surface area contributed by atoms with E-state index in [0.717, 1.165) is 16.5 Å². The molecule has 88 valence electrons. The summed E-state index contributed by atoms with van der Waals surface area (Å²) in [6.45, 7) is 3.85. The van der Waals surface area contributed by atoms with Crippen LogP contribution in [0.25, 0.3) is 0 Å². The van der Waals surface area contributed by atoms with Crippen LogP contribution in [0.5, 0.6) is 0 Å². The highest BCUT2D eigenvalue weighted by molar-refractivity contribution is 9.10. The van der Waals surface area contributed by atoms with Crippen LogP contribution in [0.15, 0.2) is 24.3 Å². The van der Waals surface area contributed by atoms with Gasteiger partial charge in [0.2, 0.25) is 0 Å². The number of ether oxygens (including phenoxy) is 1. The molecule has 1 rings (SSSR count). The van der Waals surface area contributed by atoms with Crippen molar-refractivity contribution in [2.24, 2.45) is 0 Å². The summed E-state index contributed by atoms with van der Waals surface area (Å²) in [6, 6.07) is 7.88. The van der Waals surface area contributed by atoms with Gasteiger partial charge in [-0.3, -0.25) is 4.79 Å². The molecule has 0 N–H and O–H groups in total. The zero-order valence-corrected chi connectivity index (χ0v) is 12.5. The zero-order valence-electron chi connectivity index (χ0n) is 9.30. The largest absolute Gasteiger partial charge is 0.460 e. The molecule has 0 atom stereocenters. The minimum Gasteiger partial charge on any atom is -0.460 e. The molecular formula is C12H14Br2O2. The molecule has 16 heavy (non-hydrogen) atoms. The maximum absolute atomic E-state index is 11.6. The molecule has 1 aromatic carbocycles. The van der Waals surface area contributed by atoms with E-state index in [4.69, 9.17) is 4.74 Å². The maximum Gasteiger partial charge on any atom is 0.322 e. The van der Waals surface area contributed by atoms with Crippen molar-refractivity contribution in [3.05, 3.63) is 35.4 Å². The molecule has 4 heteroatoms. The van der Waals surface area contributed by atoms with Crippen molar-refractivity contribution >= 4 is 37.8 Å². The lowest BCUT2D eigenvalue weighted by Gasteiger charge is -2.15. The summed E-state index contributed by atoms with van der Waals surface area (Å²) in [5.74, 6) is -0.253. The van der Waals surface area contributed by atoms with Crippen molar-refractivity contribution in [3.8, 4) is 0 Å². The smallest absolute Gasteiger partial charge is 0.322 e.